The van der Waals surface area contributed by atoms with Gasteiger partial charge in [-0.15, -0.1) is 11.3 Å². The molecule has 0 aliphatic carbocycles. The molecule has 0 amide bonds. The summed E-state index contributed by atoms with van der Waals surface area (Å²) in [6.07, 6.45) is 32.3. The predicted molar refractivity (Wildman–Crippen MR) is 171 cm³/mol. The molecule has 0 unspecified atom stereocenters. The van der Waals surface area contributed by atoms with E-state index in [9.17, 15) is 0 Å². The number of hydrogen-bond acceptors (Lipinski definition) is 5. The summed E-state index contributed by atoms with van der Waals surface area (Å²) in [5.41, 5.74) is 1.81. The molecule has 224 valence electrons. The first-order chi connectivity index (χ1) is 19.3. The minimum atomic E-state index is 0.572. The van der Waals surface area contributed by atoms with Gasteiger partial charge in [-0.1, -0.05) is 155 Å². The molecule has 2 heterocycles. The van der Waals surface area contributed by atoms with Crippen LogP contribution in [0.1, 0.15) is 168 Å². The summed E-state index contributed by atoms with van der Waals surface area (Å²) in [5.74, 6) is 1.14. The molecule has 0 N–H and O–H groups in total. The highest BCUT2D eigenvalue weighted by Crippen LogP contribution is 2.28. The first-order valence-electron chi connectivity index (χ1n) is 16.8. The van der Waals surface area contributed by atoms with Gasteiger partial charge in [-0.3, -0.25) is 0 Å². The van der Waals surface area contributed by atoms with E-state index in [0.29, 0.717) is 25.0 Å². The maximum Gasteiger partial charge on any atom is 0.278 e. The SMILES string of the molecule is CCCCCCCCCCCCCCOc1nc2cscc2nc1OCCCCCCCCCCCCCC. The van der Waals surface area contributed by atoms with Crippen LogP contribution in [0.2, 0.25) is 0 Å². The zero-order chi connectivity index (χ0) is 27.6. The molecule has 0 saturated heterocycles. The molecule has 0 bridgehead atoms. The standard InChI is InChI=1S/C34H60N2O2S/c1-3-5-7-9-11-13-15-17-19-21-23-25-27-37-33-34(36-32-30-39-29-31(32)35-33)38-28-26-24-22-20-18-16-14-12-10-8-6-4-2/h29-30H,3-28H2,1-2H3. The van der Waals surface area contributed by atoms with Gasteiger partial charge in [-0.2, -0.15) is 0 Å². The van der Waals surface area contributed by atoms with Crippen molar-refractivity contribution in [1.82, 2.24) is 9.97 Å². The molecule has 5 heteroatoms. The zero-order valence-corrected chi connectivity index (χ0v) is 26.5. The Balaban J connectivity index is 1.52. The third kappa shape index (κ3) is 17.1. The molecule has 0 atom stereocenters. The quantitative estimate of drug-likeness (QED) is 0.0971. The molecule has 0 aliphatic heterocycles. The van der Waals surface area contributed by atoms with Gasteiger partial charge in [-0.25, -0.2) is 9.97 Å². The van der Waals surface area contributed by atoms with Gasteiger partial charge in [-0.05, 0) is 12.8 Å². The molecule has 4 nitrogen and oxygen atoms in total. The second-order valence-corrected chi connectivity index (χ2v) is 12.2. The van der Waals surface area contributed by atoms with Crippen LogP contribution in [0, 0.1) is 0 Å². The van der Waals surface area contributed by atoms with Crippen LogP contribution >= 0.6 is 11.3 Å². The smallest absolute Gasteiger partial charge is 0.278 e. The van der Waals surface area contributed by atoms with Crippen LogP contribution in [0.5, 0.6) is 11.8 Å². The van der Waals surface area contributed by atoms with Crippen molar-refractivity contribution in [2.45, 2.75) is 168 Å². The van der Waals surface area contributed by atoms with Crippen LogP contribution in [0.3, 0.4) is 0 Å². The lowest BCUT2D eigenvalue weighted by Gasteiger charge is -2.11. The molecular weight excluding hydrogens is 500 g/mol. The van der Waals surface area contributed by atoms with Gasteiger partial charge < -0.3 is 9.47 Å². The number of ether oxygens (including phenoxy) is 2. The van der Waals surface area contributed by atoms with E-state index in [1.54, 1.807) is 11.3 Å². The Bertz CT molecular complexity index is 746. The fourth-order valence-electron chi connectivity index (χ4n) is 5.18. The summed E-state index contributed by atoms with van der Waals surface area (Å²) in [6.45, 7) is 5.95. The van der Waals surface area contributed by atoms with Gasteiger partial charge in [0, 0.05) is 10.8 Å². The Morgan fingerprint density at radius 1 is 0.436 bits per heavy atom. The Labute approximate surface area is 245 Å². The second kappa shape index (κ2) is 24.4. The molecule has 0 fully saturated rings. The van der Waals surface area contributed by atoms with Crippen molar-refractivity contribution in [3.63, 3.8) is 0 Å². The highest BCUT2D eigenvalue weighted by molar-refractivity contribution is 7.09. The van der Waals surface area contributed by atoms with Crippen LogP contribution in [-0.4, -0.2) is 23.2 Å². The Kier molecular flexibility index (Phi) is 21.2. The van der Waals surface area contributed by atoms with E-state index in [2.05, 4.69) is 13.8 Å². The molecule has 2 aromatic heterocycles. The molecule has 2 aromatic rings. The van der Waals surface area contributed by atoms with Crippen molar-refractivity contribution in [2.75, 3.05) is 13.2 Å². The summed E-state index contributed by atoms with van der Waals surface area (Å²) in [4.78, 5) is 9.42. The topological polar surface area (TPSA) is 44.2 Å². The van der Waals surface area contributed by atoms with Crippen molar-refractivity contribution in [3.8, 4) is 11.8 Å². The van der Waals surface area contributed by atoms with Crippen LogP contribution in [0.4, 0.5) is 0 Å². The van der Waals surface area contributed by atoms with Crippen LogP contribution in [-0.2, 0) is 0 Å². The van der Waals surface area contributed by atoms with E-state index < -0.39 is 0 Å². The summed E-state index contributed by atoms with van der Waals surface area (Å²) in [6, 6.07) is 0. The van der Waals surface area contributed by atoms with Gasteiger partial charge >= 0.3 is 0 Å². The monoisotopic (exact) mass is 560 g/mol. The zero-order valence-electron chi connectivity index (χ0n) is 25.7. The molecular formula is C34H60N2O2S. The lowest BCUT2D eigenvalue weighted by Crippen LogP contribution is -2.06. The van der Waals surface area contributed by atoms with Gasteiger partial charge in [0.1, 0.15) is 11.0 Å². The number of rotatable bonds is 28. The minimum absolute atomic E-state index is 0.572. The number of nitrogens with zero attached hydrogens (tertiary/aromatic N) is 2. The molecule has 0 radical (unpaired) electrons. The number of thiophene rings is 1. The lowest BCUT2D eigenvalue weighted by molar-refractivity contribution is 0.243. The van der Waals surface area contributed by atoms with Gasteiger partial charge in [0.25, 0.3) is 11.8 Å². The summed E-state index contributed by atoms with van der Waals surface area (Å²) >= 11 is 1.63. The maximum absolute atomic E-state index is 6.08. The lowest BCUT2D eigenvalue weighted by atomic mass is 10.1. The minimum Gasteiger partial charge on any atom is -0.474 e. The summed E-state index contributed by atoms with van der Waals surface area (Å²) in [7, 11) is 0. The fraction of sp³-hybridized carbons (Fsp3) is 0.824. The predicted octanol–water partition coefficient (Wildman–Crippen LogP) is 11.9. The highest BCUT2D eigenvalue weighted by atomic mass is 32.1. The first kappa shape index (κ1) is 33.8. The van der Waals surface area contributed by atoms with Gasteiger partial charge in [0.2, 0.25) is 0 Å². The van der Waals surface area contributed by atoms with Crippen molar-refractivity contribution in [3.05, 3.63) is 10.8 Å². The maximum atomic E-state index is 6.08. The third-order valence-corrected chi connectivity index (χ3v) is 8.44. The summed E-state index contributed by atoms with van der Waals surface area (Å²) in [5, 5.41) is 4.07. The Morgan fingerprint density at radius 3 is 1.03 bits per heavy atom. The van der Waals surface area contributed by atoms with Crippen molar-refractivity contribution < 1.29 is 9.47 Å². The second-order valence-electron chi connectivity index (χ2n) is 11.5. The molecule has 0 aromatic carbocycles. The van der Waals surface area contributed by atoms with E-state index in [1.807, 2.05) is 10.8 Å². The molecule has 0 spiro atoms. The van der Waals surface area contributed by atoms with Crippen LogP contribution < -0.4 is 9.47 Å². The number of unbranched alkanes of at least 4 members (excludes halogenated alkanes) is 22. The van der Waals surface area contributed by atoms with E-state index in [-0.39, 0.29) is 0 Å². The van der Waals surface area contributed by atoms with Crippen molar-refractivity contribution >= 4 is 22.4 Å². The van der Waals surface area contributed by atoms with E-state index in [1.165, 1.54) is 141 Å². The van der Waals surface area contributed by atoms with Gasteiger partial charge in [0.15, 0.2) is 0 Å². The Morgan fingerprint density at radius 2 is 0.718 bits per heavy atom. The average Bonchev–Trinajstić information content (AvgIpc) is 3.41. The fourth-order valence-corrected chi connectivity index (χ4v) is 5.85. The number of fused-ring (bicyclic) bond motifs is 1. The molecule has 2 rings (SSSR count). The average molecular weight is 561 g/mol. The Hall–Kier alpha value is -1.36. The van der Waals surface area contributed by atoms with Crippen molar-refractivity contribution in [2.24, 2.45) is 0 Å². The largest absolute Gasteiger partial charge is 0.474 e. The van der Waals surface area contributed by atoms with E-state index in [4.69, 9.17) is 19.4 Å². The van der Waals surface area contributed by atoms with Crippen LogP contribution in [0.25, 0.3) is 11.0 Å². The first-order valence-corrected chi connectivity index (χ1v) is 17.8. The number of aromatic nitrogens is 2. The molecule has 39 heavy (non-hydrogen) atoms. The summed E-state index contributed by atoms with van der Waals surface area (Å²) < 4.78 is 12.2. The van der Waals surface area contributed by atoms with Gasteiger partial charge in [0.05, 0.1) is 13.2 Å². The third-order valence-electron chi connectivity index (χ3n) is 7.72. The normalized spacial score (nSPS) is 11.4. The van der Waals surface area contributed by atoms with Crippen LogP contribution in [0.15, 0.2) is 10.8 Å². The molecule has 0 saturated carbocycles. The van der Waals surface area contributed by atoms with E-state index in [0.717, 1.165) is 23.9 Å². The highest BCUT2D eigenvalue weighted by Gasteiger charge is 2.12. The van der Waals surface area contributed by atoms with E-state index >= 15 is 0 Å². The number of hydrogen-bond donors (Lipinski definition) is 0. The van der Waals surface area contributed by atoms with Crippen molar-refractivity contribution in [1.29, 1.82) is 0 Å². The molecule has 0 aliphatic rings.